The van der Waals surface area contributed by atoms with Crippen LogP contribution in [0.2, 0.25) is 0 Å². The number of nitrogens with zero attached hydrogens (tertiary/aromatic N) is 1. The second kappa shape index (κ2) is 7.63. The van der Waals surface area contributed by atoms with Crippen LogP contribution in [0.3, 0.4) is 0 Å². The van der Waals surface area contributed by atoms with Gasteiger partial charge in [-0.2, -0.15) is 0 Å². The normalized spacial score (nSPS) is 10.6. The lowest BCUT2D eigenvalue weighted by Gasteiger charge is -2.17. The maximum Gasteiger partial charge on any atom is 0.146 e. The fourth-order valence-electron chi connectivity index (χ4n) is 0.869. The van der Waals surface area contributed by atoms with Crippen LogP contribution < -0.4 is 4.72 Å². The molecule has 0 fully saturated rings. The van der Waals surface area contributed by atoms with Crippen LogP contribution in [0.1, 0.15) is 40.3 Å². The number of hydrogen-bond donors (Lipinski definition) is 1. The van der Waals surface area contributed by atoms with E-state index in [-0.39, 0.29) is 10.6 Å². The molecule has 0 saturated heterocycles. The van der Waals surface area contributed by atoms with Gasteiger partial charge in [0, 0.05) is 10.9 Å². The Morgan fingerprint density at radius 1 is 1.38 bits per heavy atom. The Morgan fingerprint density at radius 2 is 2.00 bits per heavy atom. The van der Waals surface area contributed by atoms with E-state index in [2.05, 4.69) is 30.5 Å². The zero-order valence-electron chi connectivity index (χ0n) is 10.7. The van der Waals surface area contributed by atoms with E-state index in [1.54, 1.807) is 24.2 Å². The molecule has 0 saturated carbocycles. The summed E-state index contributed by atoms with van der Waals surface area (Å²) in [5.74, 6) is -0.255. The van der Waals surface area contributed by atoms with Gasteiger partial charge in [0.15, 0.2) is 0 Å². The molecule has 0 amide bonds. The van der Waals surface area contributed by atoms with E-state index in [1.165, 1.54) is 6.07 Å². The average Bonchev–Trinajstić information content (AvgIpc) is 2.22. The average molecular weight is 244 g/mol. The summed E-state index contributed by atoms with van der Waals surface area (Å²) in [5.41, 5.74) is 0.462. The molecule has 4 heteroatoms. The third kappa shape index (κ3) is 6.80. The first-order valence-corrected chi connectivity index (χ1v) is 6.31. The molecule has 0 radical (unpaired) electrons. The maximum atomic E-state index is 13.1. The van der Waals surface area contributed by atoms with Crippen LogP contribution in [0.25, 0.3) is 0 Å². The number of hydrogen-bond acceptors (Lipinski definition) is 3. The minimum atomic E-state index is -0.255. The highest BCUT2D eigenvalue weighted by Gasteiger charge is 2.10. The second-order valence-electron chi connectivity index (χ2n) is 3.97. The van der Waals surface area contributed by atoms with Crippen molar-refractivity contribution in [1.29, 1.82) is 0 Å². The van der Waals surface area contributed by atoms with Crippen LogP contribution in [-0.4, -0.2) is 9.73 Å². The number of rotatable bonds is 3. The smallest absolute Gasteiger partial charge is 0.146 e. The summed E-state index contributed by atoms with van der Waals surface area (Å²) in [5, 5.41) is 0. The molecule has 0 aliphatic heterocycles. The van der Waals surface area contributed by atoms with Crippen molar-refractivity contribution in [2.45, 2.75) is 45.9 Å². The fourth-order valence-corrected chi connectivity index (χ4v) is 1.51. The fraction of sp³-hybridized carbons (Fsp3) is 0.583. The number of nitrogens with one attached hydrogen (secondary N) is 1. The van der Waals surface area contributed by atoms with Gasteiger partial charge < -0.3 is 0 Å². The van der Waals surface area contributed by atoms with Gasteiger partial charge in [-0.05, 0) is 32.9 Å². The standard InChI is InChI=1S/C10H15FN2S.C2H6/c1-10(2,3)14-13-7-9-8(11)5-4-6-12-9;1-2/h4-6,13H,7H2,1-3H3;1-2H3. The van der Waals surface area contributed by atoms with Crippen molar-refractivity contribution in [1.82, 2.24) is 9.71 Å². The number of aromatic nitrogens is 1. The van der Waals surface area contributed by atoms with E-state index in [4.69, 9.17) is 0 Å². The Hall–Kier alpha value is -0.610. The summed E-state index contributed by atoms with van der Waals surface area (Å²) in [6.45, 7) is 10.7. The van der Waals surface area contributed by atoms with E-state index < -0.39 is 0 Å². The number of halogens is 1. The third-order valence-electron chi connectivity index (χ3n) is 1.45. The predicted molar refractivity (Wildman–Crippen MR) is 69.7 cm³/mol. The van der Waals surface area contributed by atoms with E-state index in [1.807, 2.05) is 13.8 Å². The van der Waals surface area contributed by atoms with Crippen molar-refractivity contribution < 1.29 is 4.39 Å². The molecule has 92 valence electrons. The monoisotopic (exact) mass is 244 g/mol. The number of pyridine rings is 1. The van der Waals surface area contributed by atoms with Crippen molar-refractivity contribution >= 4 is 11.9 Å². The molecule has 0 spiro atoms. The molecule has 0 bridgehead atoms. The largest absolute Gasteiger partial charge is 0.258 e. The van der Waals surface area contributed by atoms with Gasteiger partial charge in [-0.25, -0.2) is 4.39 Å². The molecule has 1 heterocycles. The molecule has 2 nitrogen and oxygen atoms in total. The topological polar surface area (TPSA) is 24.9 Å². The summed E-state index contributed by atoms with van der Waals surface area (Å²) in [7, 11) is 0. The molecule has 0 aliphatic rings. The van der Waals surface area contributed by atoms with Crippen LogP contribution in [0.4, 0.5) is 4.39 Å². The molecular weight excluding hydrogens is 223 g/mol. The van der Waals surface area contributed by atoms with Crippen LogP contribution >= 0.6 is 11.9 Å². The Balaban J connectivity index is 0.00000106. The van der Waals surface area contributed by atoms with E-state index in [0.717, 1.165) is 0 Å². The van der Waals surface area contributed by atoms with Crippen molar-refractivity contribution in [3.8, 4) is 0 Å². The minimum Gasteiger partial charge on any atom is -0.258 e. The lowest BCUT2D eigenvalue weighted by atomic mass is 10.3. The van der Waals surface area contributed by atoms with Crippen molar-refractivity contribution in [3.63, 3.8) is 0 Å². The quantitative estimate of drug-likeness (QED) is 0.819. The zero-order valence-corrected chi connectivity index (χ0v) is 11.5. The molecule has 0 aliphatic carbocycles. The molecule has 0 unspecified atom stereocenters. The SMILES string of the molecule is CC.CC(C)(C)SNCc1ncccc1F. The molecule has 1 aromatic rings. The van der Waals surface area contributed by atoms with Crippen molar-refractivity contribution in [3.05, 3.63) is 29.8 Å². The Morgan fingerprint density at radius 3 is 2.50 bits per heavy atom. The lowest BCUT2D eigenvalue weighted by Crippen LogP contribution is -2.17. The first kappa shape index (κ1) is 15.4. The van der Waals surface area contributed by atoms with E-state index in [9.17, 15) is 4.39 Å². The molecule has 0 atom stereocenters. The molecule has 1 rings (SSSR count). The second-order valence-corrected chi connectivity index (χ2v) is 5.69. The summed E-state index contributed by atoms with van der Waals surface area (Å²) < 4.78 is 16.3. The van der Waals surface area contributed by atoms with E-state index in [0.29, 0.717) is 12.2 Å². The summed E-state index contributed by atoms with van der Waals surface area (Å²) in [6.07, 6.45) is 1.60. The lowest BCUT2D eigenvalue weighted by molar-refractivity contribution is 0.596. The Bertz CT molecular complexity index is 297. The van der Waals surface area contributed by atoms with Gasteiger partial charge in [0.1, 0.15) is 5.82 Å². The van der Waals surface area contributed by atoms with Gasteiger partial charge in [0.05, 0.1) is 12.2 Å². The van der Waals surface area contributed by atoms with Crippen molar-refractivity contribution in [2.75, 3.05) is 0 Å². The Labute approximate surface area is 102 Å². The first-order valence-electron chi connectivity index (χ1n) is 5.49. The first-order chi connectivity index (χ1) is 7.49. The van der Waals surface area contributed by atoms with Gasteiger partial charge in [-0.15, -0.1) is 0 Å². The van der Waals surface area contributed by atoms with Gasteiger partial charge in [0.25, 0.3) is 0 Å². The molecule has 1 aromatic heterocycles. The summed E-state index contributed by atoms with van der Waals surface area (Å²) in [4.78, 5) is 3.95. The highest BCUT2D eigenvalue weighted by molar-refractivity contribution is 7.98. The van der Waals surface area contributed by atoms with E-state index >= 15 is 0 Å². The zero-order chi connectivity index (χ0) is 12.6. The Kier molecular flexibility index (Phi) is 7.34. The molecular formula is C12H21FN2S. The highest BCUT2D eigenvalue weighted by Crippen LogP contribution is 2.19. The van der Waals surface area contributed by atoms with Crippen LogP contribution in [0, 0.1) is 5.82 Å². The van der Waals surface area contributed by atoms with Crippen molar-refractivity contribution in [2.24, 2.45) is 0 Å². The molecule has 0 aromatic carbocycles. The summed E-state index contributed by atoms with van der Waals surface area (Å²) >= 11 is 1.58. The maximum absolute atomic E-state index is 13.1. The molecule has 1 N–H and O–H groups in total. The van der Waals surface area contributed by atoms with Gasteiger partial charge >= 0.3 is 0 Å². The van der Waals surface area contributed by atoms with Crippen LogP contribution in [0.5, 0.6) is 0 Å². The van der Waals surface area contributed by atoms with Crippen LogP contribution in [0.15, 0.2) is 18.3 Å². The van der Waals surface area contributed by atoms with Gasteiger partial charge in [-0.3, -0.25) is 9.71 Å². The highest BCUT2D eigenvalue weighted by atomic mass is 32.2. The van der Waals surface area contributed by atoms with Gasteiger partial charge in [0.2, 0.25) is 0 Å². The van der Waals surface area contributed by atoms with Gasteiger partial charge in [-0.1, -0.05) is 25.8 Å². The van der Waals surface area contributed by atoms with Crippen LogP contribution in [-0.2, 0) is 6.54 Å². The third-order valence-corrected chi connectivity index (χ3v) is 2.35. The minimum absolute atomic E-state index is 0.130. The molecule has 16 heavy (non-hydrogen) atoms. The predicted octanol–water partition coefficient (Wildman–Crippen LogP) is 3.78. The summed E-state index contributed by atoms with van der Waals surface area (Å²) in [6, 6.07) is 3.02.